The molecule has 4 rings (SSSR count). The molecule has 0 bridgehead atoms. The van der Waals surface area contributed by atoms with Crippen LogP contribution in [0.3, 0.4) is 0 Å². The summed E-state index contributed by atoms with van der Waals surface area (Å²) in [6.07, 6.45) is 2.01. The second-order valence-corrected chi connectivity index (χ2v) is 8.12. The molecule has 160 valence electrons. The smallest absolute Gasteiger partial charge is 0.263 e. The van der Waals surface area contributed by atoms with Crippen molar-refractivity contribution in [1.29, 1.82) is 0 Å². The Hall–Kier alpha value is -2.59. The van der Waals surface area contributed by atoms with Crippen molar-refractivity contribution < 1.29 is 23.5 Å². The molecule has 0 saturated carbocycles. The van der Waals surface area contributed by atoms with Gasteiger partial charge < -0.3 is 20.1 Å². The van der Waals surface area contributed by atoms with Gasteiger partial charge in [-0.15, -0.1) is 0 Å². The molecular weight excluding hydrogens is 411 g/mol. The number of halogens is 1. The van der Waals surface area contributed by atoms with Crippen LogP contribution in [0.5, 0.6) is 5.75 Å². The Labute approximate surface area is 177 Å². The molecule has 1 fully saturated rings. The zero-order valence-corrected chi connectivity index (χ0v) is 17.2. The Bertz CT molecular complexity index is 930. The molecule has 2 N–H and O–H groups in total. The molecule has 10 heteroatoms. The van der Waals surface area contributed by atoms with Gasteiger partial charge in [-0.2, -0.15) is 16.9 Å². The SMILES string of the molecule is O=C(Cn1nc2c(c1NC(=O)COc1ccccc1F)CSC2)NC[C@@H]1CCCO1. The molecule has 2 amide bonds. The fourth-order valence-corrected chi connectivity index (χ4v) is 4.45. The molecule has 30 heavy (non-hydrogen) atoms. The maximum Gasteiger partial charge on any atom is 0.263 e. The second kappa shape index (κ2) is 9.48. The molecule has 1 aromatic heterocycles. The fraction of sp³-hybridized carbons (Fsp3) is 0.450. The first-order chi connectivity index (χ1) is 14.6. The van der Waals surface area contributed by atoms with Crippen molar-refractivity contribution in [1.82, 2.24) is 15.1 Å². The highest BCUT2D eigenvalue weighted by molar-refractivity contribution is 7.98. The molecule has 1 aromatic carbocycles. The van der Waals surface area contributed by atoms with Gasteiger partial charge in [-0.1, -0.05) is 12.1 Å². The second-order valence-electron chi connectivity index (χ2n) is 7.13. The summed E-state index contributed by atoms with van der Waals surface area (Å²) in [5.41, 5.74) is 1.77. The van der Waals surface area contributed by atoms with E-state index in [-0.39, 0.29) is 30.9 Å². The van der Waals surface area contributed by atoms with Gasteiger partial charge in [-0.25, -0.2) is 9.07 Å². The van der Waals surface area contributed by atoms with Gasteiger partial charge >= 0.3 is 0 Å². The van der Waals surface area contributed by atoms with E-state index in [2.05, 4.69) is 15.7 Å². The first kappa shape index (κ1) is 20.7. The summed E-state index contributed by atoms with van der Waals surface area (Å²) in [6.45, 7) is 0.844. The summed E-state index contributed by atoms with van der Waals surface area (Å²) in [7, 11) is 0. The van der Waals surface area contributed by atoms with E-state index in [0.29, 0.717) is 18.1 Å². The minimum absolute atomic E-state index is 0.00578. The number of benzene rings is 1. The van der Waals surface area contributed by atoms with E-state index in [0.717, 1.165) is 36.5 Å². The molecule has 0 aliphatic carbocycles. The van der Waals surface area contributed by atoms with E-state index < -0.39 is 11.7 Å². The van der Waals surface area contributed by atoms with Gasteiger partial charge in [0, 0.05) is 30.2 Å². The Kier molecular flexibility index (Phi) is 6.53. The summed E-state index contributed by atoms with van der Waals surface area (Å²) in [5.74, 6) is 0.761. The molecule has 2 aliphatic heterocycles. The van der Waals surface area contributed by atoms with Gasteiger partial charge in [0.2, 0.25) is 5.91 Å². The van der Waals surface area contributed by atoms with Gasteiger partial charge in [-0.05, 0) is 25.0 Å². The van der Waals surface area contributed by atoms with Crippen LogP contribution < -0.4 is 15.4 Å². The lowest BCUT2D eigenvalue weighted by molar-refractivity contribution is -0.122. The fourth-order valence-electron chi connectivity index (χ4n) is 3.42. The van der Waals surface area contributed by atoms with Crippen molar-refractivity contribution in [2.75, 3.05) is 25.1 Å². The maximum atomic E-state index is 13.7. The van der Waals surface area contributed by atoms with Crippen LogP contribution in [-0.2, 0) is 32.4 Å². The Morgan fingerprint density at radius 3 is 2.97 bits per heavy atom. The standard InChI is InChI=1S/C20H23FN4O4S/c21-15-5-1-2-6-17(15)29-10-19(27)23-20-14-11-30-12-16(14)24-25(20)9-18(26)22-8-13-4-3-7-28-13/h1-2,5-6,13H,3-4,7-12H2,(H,22,26)(H,23,27)/t13-/m0/s1. The number of fused-ring (bicyclic) bond motifs is 1. The lowest BCUT2D eigenvalue weighted by Gasteiger charge is -2.13. The number of amides is 2. The van der Waals surface area contributed by atoms with Gasteiger partial charge in [0.15, 0.2) is 18.2 Å². The molecule has 0 spiro atoms. The van der Waals surface area contributed by atoms with E-state index in [1.165, 1.54) is 16.8 Å². The molecule has 0 radical (unpaired) electrons. The van der Waals surface area contributed by atoms with Gasteiger partial charge in [0.05, 0.1) is 11.8 Å². The van der Waals surface area contributed by atoms with E-state index in [4.69, 9.17) is 9.47 Å². The number of para-hydroxylation sites is 1. The predicted octanol–water partition coefficient (Wildman–Crippen LogP) is 2.08. The maximum absolute atomic E-state index is 13.7. The van der Waals surface area contributed by atoms with Crippen molar-refractivity contribution in [3.63, 3.8) is 0 Å². The van der Waals surface area contributed by atoms with E-state index in [1.54, 1.807) is 23.9 Å². The molecule has 2 aromatic rings. The van der Waals surface area contributed by atoms with Crippen molar-refractivity contribution in [3.8, 4) is 5.75 Å². The van der Waals surface area contributed by atoms with Crippen molar-refractivity contribution >= 4 is 29.4 Å². The number of aromatic nitrogens is 2. The van der Waals surface area contributed by atoms with E-state index >= 15 is 0 Å². The van der Waals surface area contributed by atoms with Crippen molar-refractivity contribution in [2.45, 2.75) is 37.0 Å². The highest BCUT2D eigenvalue weighted by atomic mass is 32.2. The largest absolute Gasteiger partial charge is 0.481 e. The zero-order valence-electron chi connectivity index (χ0n) is 16.4. The minimum Gasteiger partial charge on any atom is -0.481 e. The van der Waals surface area contributed by atoms with Crippen LogP contribution >= 0.6 is 11.8 Å². The first-order valence-electron chi connectivity index (χ1n) is 9.82. The summed E-state index contributed by atoms with van der Waals surface area (Å²) >= 11 is 1.69. The number of anilines is 1. The molecule has 1 saturated heterocycles. The van der Waals surface area contributed by atoms with Crippen LogP contribution in [0.15, 0.2) is 24.3 Å². The van der Waals surface area contributed by atoms with Crippen LogP contribution in [0.1, 0.15) is 24.1 Å². The molecular formula is C20H23FN4O4S. The van der Waals surface area contributed by atoms with Gasteiger partial charge in [0.25, 0.3) is 5.91 Å². The van der Waals surface area contributed by atoms with Crippen LogP contribution in [0.4, 0.5) is 10.2 Å². The Balaban J connectivity index is 1.37. The molecule has 8 nitrogen and oxygen atoms in total. The van der Waals surface area contributed by atoms with Gasteiger partial charge in [-0.3, -0.25) is 9.59 Å². The number of ether oxygens (including phenoxy) is 2. The third-order valence-corrected chi connectivity index (χ3v) is 5.89. The molecule has 3 heterocycles. The van der Waals surface area contributed by atoms with Crippen molar-refractivity contribution in [2.24, 2.45) is 0 Å². The number of carbonyl (C=O) groups is 2. The lowest BCUT2D eigenvalue weighted by atomic mass is 10.2. The molecule has 0 unspecified atom stereocenters. The quantitative estimate of drug-likeness (QED) is 0.661. The van der Waals surface area contributed by atoms with Crippen LogP contribution in [-0.4, -0.2) is 47.5 Å². The van der Waals surface area contributed by atoms with Crippen LogP contribution in [0.25, 0.3) is 0 Å². The predicted molar refractivity (Wildman–Crippen MR) is 110 cm³/mol. The molecule has 2 aliphatic rings. The zero-order chi connectivity index (χ0) is 20.9. The van der Waals surface area contributed by atoms with Crippen LogP contribution in [0.2, 0.25) is 0 Å². The summed E-state index contributed by atoms with van der Waals surface area (Å²) in [6, 6.07) is 5.90. The lowest BCUT2D eigenvalue weighted by Crippen LogP contribution is -2.35. The highest BCUT2D eigenvalue weighted by Crippen LogP contribution is 2.34. The topological polar surface area (TPSA) is 94.5 Å². The number of nitrogens with one attached hydrogen (secondary N) is 2. The van der Waals surface area contributed by atoms with Crippen molar-refractivity contribution in [3.05, 3.63) is 41.3 Å². The number of carbonyl (C=O) groups excluding carboxylic acids is 2. The summed E-state index contributed by atoms with van der Waals surface area (Å²) in [5, 5.41) is 10.1. The Morgan fingerprint density at radius 1 is 1.30 bits per heavy atom. The average Bonchev–Trinajstić information content (AvgIpc) is 3.46. The third-order valence-electron chi connectivity index (χ3n) is 4.92. The van der Waals surface area contributed by atoms with E-state index in [1.807, 2.05) is 0 Å². The first-order valence-corrected chi connectivity index (χ1v) is 11.0. The highest BCUT2D eigenvalue weighted by Gasteiger charge is 2.25. The third kappa shape index (κ3) is 4.93. The number of hydrogen-bond acceptors (Lipinski definition) is 6. The van der Waals surface area contributed by atoms with Gasteiger partial charge in [0.1, 0.15) is 12.4 Å². The number of rotatable bonds is 8. The number of thioether (sulfide) groups is 1. The molecule has 1 atom stereocenters. The Morgan fingerprint density at radius 2 is 2.17 bits per heavy atom. The average molecular weight is 434 g/mol. The normalized spacial score (nSPS) is 17.6. The number of nitrogens with zero attached hydrogens (tertiary/aromatic N) is 2. The minimum atomic E-state index is -0.532. The summed E-state index contributed by atoms with van der Waals surface area (Å²) in [4.78, 5) is 24.8. The summed E-state index contributed by atoms with van der Waals surface area (Å²) < 4.78 is 26.0. The van der Waals surface area contributed by atoms with E-state index in [9.17, 15) is 14.0 Å². The number of hydrogen-bond donors (Lipinski definition) is 2. The van der Waals surface area contributed by atoms with Crippen LogP contribution in [0, 0.1) is 5.82 Å². The monoisotopic (exact) mass is 434 g/mol.